The van der Waals surface area contributed by atoms with Crippen molar-refractivity contribution < 1.29 is 32.3 Å². The van der Waals surface area contributed by atoms with Gasteiger partial charge < -0.3 is 14.2 Å². The Morgan fingerprint density at radius 1 is 0.395 bits per heavy atom. The van der Waals surface area contributed by atoms with Crippen LogP contribution in [0.15, 0.2) is 0 Å². The van der Waals surface area contributed by atoms with Crippen LogP contribution in [0, 0.1) is 17.8 Å². The van der Waals surface area contributed by atoms with Crippen molar-refractivity contribution in [3.8, 4) is 0 Å². The van der Waals surface area contributed by atoms with Gasteiger partial charge >= 0.3 is 7.82 Å². The highest BCUT2D eigenvalue weighted by atomic mass is 31.2. The molecule has 0 rings (SSSR count). The highest BCUT2D eigenvalue weighted by Gasteiger charge is 2.26. The second kappa shape index (κ2) is 27.2. The second-order valence-electron chi connectivity index (χ2n) is 11.5. The Morgan fingerprint density at radius 3 is 0.947 bits per heavy atom. The molecule has 0 radical (unpaired) electrons. The maximum atomic E-state index is 13.1. The third kappa shape index (κ3) is 29.0. The summed E-state index contributed by atoms with van der Waals surface area (Å²) >= 11 is 0. The van der Waals surface area contributed by atoms with Crippen molar-refractivity contribution in [1.82, 2.24) is 0 Å². The van der Waals surface area contributed by atoms with Gasteiger partial charge in [-0.1, -0.05) is 99.3 Å². The zero-order chi connectivity index (χ0) is 28.3. The molecule has 0 atom stereocenters. The summed E-state index contributed by atoms with van der Waals surface area (Å²) in [5, 5.41) is 0. The molecule has 0 aromatic rings. The number of phosphoric acid groups is 1. The largest absolute Gasteiger partial charge is 0.475 e. The van der Waals surface area contributed by atoms with Crippen molar-refractivity contribution in [2.24, 2.45) is 17.8 Å². The highest BCUT2D eigenvalue weighted by Crippen LogP contribution is 2.49. The molecule has 7 nitrogen and oxygen atoms in total. The summed E-state index contributed by atoms with van der Waals surface area (Å²) in [5.74, 6) is 2.25. The van der Waals surface area contributed by atoms with Crippen LogP contribution in [0.25, 0.3) is 0 Å². The molecular formula is C30H63O7P. The van der Waals surface area contributed by atoms with Crippen molar-refractivity contribution >= 4 is 7.82 Å². The molecule has 0 heterocycles. The van der Waals surface area contributed by atoms with Crippen LogP contribution < -0.4 is 0 Å². The molecule has 8 heteroatoms. The molecule has 0 saturated carbocycles. The highest BCUT2D eigenvalue weighted by molar-refractivity contribution is 7.48. The van der Waals surface area contributed by atoms with Gasteiger partial charge in [0.15, 0.2) is 0 Å². The fourth-order valence-corrected chi connectivity index (χ4v) is 4.96. The van der Waals surface area contributed by atoms with E-state index >= 15 is 0 Å². The second-order valence-corrected chi connectivity index (χ2v) is 13.2. The Morgan fingerprint density at radius 2 is 0.684 bits per heavy atom. The van der Waals surface area contributed by atoms with Crippen LogP contribution in [-0.2, 0) is 32.3 Å². The Bertz CT molecular complexity index is 457. The van der Waals surface area contributed by atoms with Crippen molar-refractivity contribution in [2.45, 2.75) is 119 Å². The van der Waals surface area contributed by atoms with Crippen LogP contribution in [0.5, 0.6) is 0 Å². The molecule has 0 aliphatic rings. The van der Waals surface area contributed by atoms with Crippen molar-refractivity contribution in [1.29, 1.82) is 0 Å². The first-order valence-electron chi connectivity index (χ1n) is 15.5. The quantitative estimate of drug-likeness (QED) is 0.0635. The van der Waals surface area contributed by atoms with E-state index in [-0.39, 0.29) is 19.8 Å². The topological polar surface area (TPSA) is 72.5 Å². The van der Waals surface area contributed by atoms with E-state index in [9.17, 15) is 4.57 Å². The summed E-state index contributed by atoms with van der Waals surface area (Å²) in [5.41, 5.74) is 0. The predicted molar refractivity (Wildman–Crippen MR) is 158 cm³/mol. The van der Waals surface area contributed by atoms with Gasteiger partial charge in [-0.15, -0.1) is 0 Å². The molecule has 0 saturated heterocycles. The van der Waals surface area contributed by atoms with Gasteiger partial charge in [0.1, 0.15) is 0 Å². The van der Waals surface area contributed by atoms with Crippen LogP contribution in [0.1, 0.15) is 119 Å². The van der Waals surface area contributed by atoms with Crippen molar-refractivity contribution in [2.75, 3.05) is 59.5 Å². The first kappa shape index (κ1) is 38.0. The molecule has 0 N–H and O–H groups in total. The van der Waals surface area contributed by atoms with Gasteiger partial charge in [0.25, 0.3) is 0 Å². The van der Waals surface area contributed by atoms with E-state index in [1.165, 1.54) is 57.8 Å². The number of phosphoric ester groups is 1. The molecule has 0 aromatic carbocycles. The van der Waals surface area contributed by atoms with Crippen LogP contribution in [0.2, 0.25) is 0 Å². The van der Waals surface area contributed by atoms with E-state index in [2.05, 4.69) is 41.5 Å². The lowest BCUT2D eigenvalue weighted by Crippen LogP contribution is -2.12. The van der Waals surface area contributed by atoms with Gasteiger partial charge in [0.2, 0.25) is 0 Å². The molecule has 0 spiro atoms. The monoisotopic (exact) mass is 566 g/mol. The number of rotatable bonds is 30. The van der Waals surface area contributed by atoms with E-state index in [1.54, 1.807) is 0 Å². The third-order valence-electron chi connectivity index (χ3n) is 6.14. The van der Waals surface area contributed by atoms with Crippen LogP contribution >= 0.6 is 7.82 Å². The molecule has 0 bridgehead atoms. The van der Waals surface area contributed by atoms with Crippen LogP contribution in [-0.4, -0.2) is 59.5 Å². The Labute approximate surface area is 236 Å². The minimum Gasteiger partial charge on any atom is -0.379 e. The molecule has 0 aliphatic carbocycles. The van der Waals surface area contributed by atoms with Gasteiger partial charge in [-0.2, -0.15) is 0 Å². The molecule has 0 fully saturated rings. The van der Waals surface area contributed by atoms with E-state index in [0.717, 1.165) is 37.0 Å². The van der Waals surface area contributed by atoms with Crippen LogP contribution in [0.3, 0.4) is 0 Å². The molecule has 0 aliphatic heterocycles. The predicted octanol–water partition coefficient (Wildman–Crippen LogP) is 8.84. The van der Waals surface area contributed by atoms with Gasteiger partial charge in [0.05, 0.1) is 39.6 Å². The Kier molecular flexibility index (Phi) is 27.2. The fraction of sp³-hybridized carbons (Fsp3) is 1.00. The summed E-state index contributed by atoms with van der Waals surface area (Å²) in [6, 6.07) is 0. The minimum absolute atomic E-state index is 0.163. The molecule has 0 unspecified atom stereocenters. The van der Waals surface area contributed by atoms with Gasteiger partial charge in [0, 0.05) is 19.8 Å². The summed E-state index contributed by atoms with van der Waals surface area (Å²) in [4.78, 5) is 0. The smallest absolute Gasteiger partial charge is 0.379 e. The van der Waals surface area contributed by atoms with Crippen LogP contribution in [0.4, 0.5) is 0 Å². The van der Waals surface area contributed by atoms with E-state index in [1.807, 2.05) is 0 Å². The van der Waals surface area contributed by atoms with Crippen molar-refractivity contribution in [3.63, 3.8) is 0 Å². The Balaban J connectivity index is 4.12. The minimum atomic E-state index is -3.69. The van der Waals surface area contributed by atoms with Crippen molar-refractivity contribution in [3.05, 3.63) is 0 Å². The number of unbranched alkanes of at least 4 members (excludes halogenated alkanes) is 6. The number of hydrogen-bond donors (Lipinski definition) is 0. The van der Waals surface area contributed by atoms with Gasteiger partial charge in [-0.05, 0) is 37.0 Å². The summed E-state index contributed by atoms with van der Waals surface area (Å²) in [6.07, 6.45) is 14.0. The third-order valence-corrected chi connectivity index (χ3v) is 7.64. The maximum absolute atomic E-state index is 13.1. The zero-order valence-electron chi connectivity index (χ0n) is 25.9. The summed E-state index contributed by atoms with van der Waals surface area (Å²) in [7, 11) is -3.69. The average Bonchev–Trinajstić information content (AvgIpc) is 2.85. The zero-order valence-corrected chi connectivity index (χ0v) is 26.8. The SMILES string of the molecule is CC(C)CCCCCOCCOP(=O)(OCCOCCCCCC(C)C)OCCOCCCCCC(C)C. The summed E-state index contributed by atoms with van der Waals surface area (Å²) in [6.45, 7) is 17.1. The fourth-order valence-electron chi connectivity index (χ4n) is 3.84. The Hall–Kier alpha value is -0.0100. The lowest BCUT2D eigenvalue weighted by molar-refractivity contribution is 0.0327. The standard InChI is InChI=1S/C30H63O7P/c1-28(2)16-10-7-13-19-32-22-25-35-38(31,36-26-23-33-20-14-8-11-17-29(3)4)37-27-24-34-21-15-9-12-18-30(5)6/h28-30H,7-27H2,1-6H3. The van der Waals surface area contributed by atoms with E-state index in [4.69, 9.17) is 27.8 Å². The lowest BCUT2D eigenvalue weighted by Gasteiger charge is -2.18. The lowest BCUT2D eigenvalue weighted by atomic mass is 10.1. The van der Waals surface area contributed by atoms with Gasteiger partial charge in [-0.25, -0.2) is 4.57 Å². The normalized spacial score (nSPS) is 12.4. The van der Waals surface area contributed by atoms with E-state index < -0.39 is 7.82 Å². The molecule has 0 aromatic heterocycles. The molecule has 230 valence electrons. The average molecular weight is 567 g/mol. The summed E-state index contributed by atoms with van der Waals surface area (Å²) < 4.78 is 46.6. The molecule has 0 amide bonds. The molecule has 38 heavy (non-hydrogen) atoms. The first-order chi connectivity index (χ1) is 18.2. The number of hydrogen-bond acceptors (Lipinski definition) is 7. The molecular weight excluding hydrogens is 503 g/mol. The van der Waals surface area contributed by atoms with E-state index in [0.29, 0.717) is 39.6 Å². The number of ether oxygens (including phenoxy) is 3. The maximum Gasteiger partial charge on any atom is 0.475 e. The first-order valence-corrected chi connectivity index (χ1v) is 17.0. The van der Waals surface area contributed by atoms with Gasteiger partial charge in [-0.3, -0.25) is 13.6 Å².